The van der Waals surface area contributed by atoms with Gasteiger partial charge in [0, 0.05) is 40.6 Å². The largest absolute Gasteiger partial charge is 0.340 e. The molecule has 0 spiro atoms. The van der Waals surface area contributed by atoms with E-state index in [0.29, 0.717) is 19.6 Å². The van der Waals surface area contributed by atoms with E-state index in [1.807, 2.05) is 48.8 Å². The zero-order valence-electron chi connectivity index (χ0n) is 14.7. The van der Waals surface area contributed by atoms with Crippen molar-refractivity contribution in [1.82, 2.24) is 9.80 Å². The maximum atomic E-state index is 12.8. The predicted molar refractivity (Wildman–Crippen MR) is 108 cm³/mol. The van der Waals surface area contributed by atoms with Gasteiger partial charge in [-0.25, -0.2) is 4.79 Å². The molecule has 1 aromatic heterocycles. The number of halogens is 1. The molecule has 138 valence electrons. The van der Waals surface area contributed by atoms with Gasteiger partial charge in [0.25, 0.3) is 0 Å². The highest BCUT2D eigenvalue weighted by atomic mass is 79.9. The zero-order chi connectivity index (χ0) is 18.5. The second kappa shape index (κ2) is 8.68. The van der Waals surface area contributed by atoms with Crippen LogP contribution in [0.15, 0.2) is 46.3 Å². The highest BCUT2D eigenvalue weighted by Gasteiger charge is 2.30. The van der Waals surface area contributed by atoms with E-state index in [2.05, 4.69) is 21.2 Å². The third-order valence-corrected chi connectivity index (χ3v) is 6.16. The fraction of sp³-hybridized carbons (Fsp3) is 0.368. The number of nitrogens with zero attached hydrogens (tertiary/aromatic N) is 2. The molecule has 3 rings (SSSR count). The molecule has 3 amide bonds. The number of carbonyl (C=O) groups is 2. The highest BCUT2D eigenvalue weighted by molar-refractivity contribution is 9.10. The minimum Gasteiger partial charge on any atom is -0.340 e. The Balaban J connectivity index is 1.56. The van der Waals surface area contributed by atoms with E-state index < -0.39 is 0 Å². The lowest BCUT2D eigenvalue weighted by molar-refractivity contribution is -0.136. The predicted octanol–water partition coefficient (Wildman–Crippen LogP) is 4.41. The van der Waals surface area contributed by atoms with Crippen molar-refractivity contribution >= 4 is 44.9 Å². The number of urea groups is 1. The van der Waals surface area contributed by atoms with E-state index in [4.69, 9.17) is 0 Å². The fourth-order valence-corrected chi connectivity index (χ4v) is 4.65. The van der Waals surface area contributed by atoms with Crippen molar-refractivity contribution in [2.75, 3.05) is 25.5 Å². The quantitative estimate of drug-likeness (QED) is 0.772. The van der Waals surface area contributed by atoms with Gasteiger partial charge >= 0.3 is 6.03 Å². The molecule has 26 heavy (non-hydrogen) atoms. The number of piperidine rings is 1. The van der Waals surface area contributed by atoms with Crippen molar-refractivity contribution < 1.29 is 9.59 Å². The summed E-state index contributed by atoms with van der Waals surface area (Å²) >= 11 is 5.08. The summed E-state index contributed by atoms with van der Waals surface area (Å²) in [6.07, 6.45) is 1.67. The molecule has 1 aromatic carbocycles. The van der Waals surface area contributed by atoms with E-state index >= 15 is 0 Å². The van der Waals surface area contributed by atoms with Crippen LogP contribution in [0.25, 0.3) is 0 Å². The number of benzene rings is 1. The minimum absolute atomic E-state index is 0.103. The fourth-order valence-electron chi connectivity index (χ4n) is 3.15. The Bertz CT molecular complexity index is 765. The number of likely N-dealkylation sites (tertiary alicyclic amines) is 1. The number of thiophene rings is 1. The third kappa shape index (κ3) is 4.86. The Hall–Kier alpha value is -1.86. The molecule has 7 heteroatoms. The molecule has 2 aromatic rings. The molecular formula is C19H22BrN3O2S. The van der Waals surface area contributed by atoms with E-state index in [-0.39, 0.29) is 17.9 Å². The van der Waals surface area contributed by atoms with Crippen LogP contribution in [0.5, 0.6) is 0 Å². The highest BCUT2D eigenvalue weighted by Crippen LogP contribution is 2.23. The maximum Gasteiger partial charge on any atom is 0.321 e. The van der Waals surface area contributed by atoms with Crippen molar-refractivity contribution in [3.05, 3.63) is 51.1 Å². The molecule has 1 saturated heterocycles. The van der Waals surface area contributed by atoms with E-state index in [9.17, 15) is 9.59 Å². The number of rotatable bonds is 4. The summed E-state index contributed by atoms with van der Waals surface area (Å²) in [7, 11) is 1.83. The van der Waals surface area contributed by atoms with Gasteiger partial charge in [-0.1, -0.05) is 18.2 Å². The molecule has 0 aliphatic carbocycles. The Morgan fingerprint density at radius 3 is 2.81 bits per heavy atom. The van der Waals surface area contributed by atoms with Crippen molar-refractivity contribution in [2.45, 2.75) is 19.4 Å². The van der Waals surface area contributed by atoms with Crippen molar-refractivity contribution in [1.29, 1.82) is 0 Å². The molecule has 1 fully saturated rings. The molecule has 0 radical (unpaired) electrons. The summed E-state index contributed by atoms with van der Waals surface area (Å²) in [6.45, 7) is 1.75. The molecular weight excluding hydrogens is 414 g/mol. The molecule has 5 nitrogen and oxygen atoms in total. The van der Waals surface area contributed by atoms with E-state index in [1.54, 1.807) is 21.1 Å². The van der Waals surface area contributed by atoms with Crippen LogP contribution in [0.4, 0.5) is 10.5 Å². The van der Waals surface area contributed by atoms with Gasteiger partial charge in [-0.3, -0.25) is 4.79 Å². The van der Waals surface area contributed by atoms with E-state index in [1.165, 1.54) is 0 Å². The van der Waals surface area contributed by atoms with Crippen LogP contribution in [-0.2, 0) is 11.3 Å². The van der Waals surface area contributed by atoms with Crippen LogP contribution in [-0.4, -0.2) is 41.9 Å². The SMILES string of the molecule is CN(Cc1cc(Br)cs1)C(=O)C1CCCN(C(=O)Nc2ccccc2)C1. The van der Waals surface area contributed by atoms with Crippen LogP contribution >= 0.6 is 27.3 Å². The van der Waals surface area contributed by atoms with Gasteiger partial charge in [-0.15, -0.1) is 11.3 Å². The standard InChI is InChI=1S/C19H22BrN3O2S/c1-22(12-17-10-15(20)13-26-17)18(24)14-6-5-9-23(11-14)19(25)21-16-7-3-2-4-8-16/h2-4,7-8,10,13-14H,5-6,9,11-12H2,1H3,(H,21,25). The zero-order valence-corrected chi connectivity index (χ0v) is 17.1. The van der Waals surface area contributed by atoms with Crippen molar-refractivity contribution in [2.24, 2.45) is 5.92 Å². The molecule has 2 heterocycles. The summed E-state index contributed by atoms with van der Waals surface area (Å²) in [5, 5.41) is 4.92. The topological polar surface area (TPSA) is 52.7 Å². The molecule has 1 N–H and O–H groups in total. The number of hydrogen-bond donors (Lipinski definition) is 1. The number of anilines is 1. The average molecular weight is 436 g/mol. The minimum atomic E-state index is -0.140. The number of carbonyl (C=O) groups excluding carboxylic acids is 2. The van der Waals surface area contributed by atoms with Crippen LogP contribution < -0.4 is 5.32 Å². The van der Waals surface area contributed by atoms with Crippen LogP contribution in [0.3, 0.4) is 0 Å². The number of amides is 3. The first-order valence-electron chi connectivity index (χ1n) is 8.62. The lowest BCUT2D eigenvalue weighted by atomic mass is 9.97. The average Bonchev–Trinajstić information content (AvgIpc) is 3.06. The first kappa shape index (κ1) is 18.9. The molecule has 0 bridgehead atoms. The lowest BCUT2D eigenvalue weighted by Gasteiger charge is -2.34. The van der Waals surface area contributed by atoms with Crippen molar-refractivity contribution in [3.8, 4) is 0 Å². The second-order valence-corrected chi connectivity index (χ2v) is 8.42. The third-order valence-electron chi connectivity index (χ3n) is 4.47. The molecule has 1 aliphatic heterocycles. The molecule has 0 saturated carbocycles. The molecule has 1 atom stereocenters. The summed E-state index contributed by atoms with van der Waals surface area (Å²) in [5.74, 6) is -0.0367. The van der Waals surface area contributed by atoms with Crippen LogP contribution in [0, 0.1) is 5.92 Å². The van der Waals surface area contributed by atoms with Gasteiger partial charge in [0.2, 0.25) is 5.91 Å². The van der Waals surface area contributed by atoms with Gasteiger partial charge < -0.3 is 15.1 Å². The molecule has 1 unspecified atom stereocenters. The van der Waals surface area contributed by atoms with Crippen molar-refractivity contribution in [3.63, 3.8) is 0 Å². The van der Waals surface area contributed by atoms with Gasteiger partial charge in [0.15, 0.2) is 0 Å². The first-order chi connectivity index (χ1) is 12.5. The summed E-state index contributed by atoms with van der Waals surface area (Å²) in [4.78, 5) is 29.9. The first-order valence-corrected chi connectivity index (χ1v) is 10.3. The summed E-state index contributed by atoms with van der Waals surface area (Å²) < 4.78 is 1.04. The Morgan fingerprint density at radius 1 is 1.35 bits per heavy atom. The lowest BCUT2D eigenvalue weighted by Crippen LogP contribution is -2.47. The number of hydrogen-bond acceptors (Lipinski definition) is 3. The van der Waals surface area contributed by atoms with Crippen LogP contribution in [0.1, 0.15) is 17.7 Å². The number of nitrogens with one attached hydrogen (secondary N) is 1. The Morgan fingerprint density at radius 2 is 2.12 bits per heavy atom. The van der Waals surface area contributed by atoms with Gasteiger partial charge in [-0.2, -0.15) is 0 Å². The Kier molecular flexibility index (Phi) is 6.32. The maximum absolute atomic E-state index is 12.8. The monoisotopic (exact) mass is 435 g/mol. The normalized spacial score (nSPS) is 17.0. The Labute approximate surface area is 166 Å². The van der Waals surface area contributed by atoms with Gasteiger partial charge in [0.05, 0.1) is 12.5 Å². The second-order valence-electron chi connectivity index (χ2n) is 6.51. The van der Waals surface area contributed by atoms with Gasteiger partial charge in [0.1, 0.15) is 0 Å². The smallest absolute Gasteiger partial charge is 0.321 e. The summed E-state index contributed by atoms with van der Waals surface area (Å²) in [6, 6.07) is 11.3. The number of para-hydroxylation sites is 1. The summed E-state index contributed by atoms with van der Waals surface area (Å²) in [5.41, 5.74) is 0.770. The van der Waals surface area contributed by atoms with Crippen LogP contribution in [0.2, 0.25) is 0 Å². The van der Waals surface area contributed by atoms with E-state index in [0.717, 1.165) is 27.9 Å². The van der Waals surface area contributed by atoms with Gasteiger partial charge in [-0.05, 0) is 47.0 Å². The molecule has 1 aliphatic rings.